The van der Waals surface area contributed by atoms with Gasteiger partial charge in [-0.2, -0.15) is 0 Å². The number of rotatable bonds is 8. The van der Waals surface area contributed by atoms with E-state index in [1.165, 1.54) is 24.8 Å². The molecule has 1 aliphatic heterocycles. The second-order valence-electron chi connectivity index (χ2n) is 10.5. The number of carbonyl (C=O) groups excluding carboxylic acids is 1. The normalized spacial score (nSPS) is 18.4. The van der Waals surface area contributed by atoms with Gasteiger partial charge in [0.1, 0.15) is 18.1 Å². The van der Waals surface area contributed by atoms with Crippen LogP contribution in [0.15, 0.2) is 30.6 Å². The van der Waals surface area contributed by atoms with Crippen LogP contribution in [0.25, 0.3) is 22.0 Å². The van der Waals surface area contributed by atoms with Gasteiger partial charge >= 0.3 is 0 Å². The molecule has 0 unspecified atom stereocenters. The van der Waals surface area contributed by atoms with Crippen molar-refractivity contribution in [1.29, 1.82) is 0 Å². The summed E-state index contributed by atoms with van der Waals surface area (Å²) in [5, 5.41) is 4.11. The lowest BCUT2D eigenvalue weighted by Gasteiger charge is -2.37. The Bertz CT molecular complexity index is 1550. The summed E-state index contributed by atoms with van der Waals surface area (Å²) in [5.41, 5.74) is 2.28. The van der Waals surface area contributed by atoms with Crippen LogP contribution < -0.4 is 19.7 Å². The summed E-state index contributed by atoms with van der Waals surface area (Å²) in [6.45, 7) is 0.922. The van der Waals surface area contributed by atoms with Crippen LogP contribution in [0.2, 0.25) is 0 Å². The maximum atomic E-state index is 15.4. The van der Waals surface area contributed by atoms with E-state index >= 15 is 4.39 Å². The van der Waals surface area contributed by atoms with Crippen molar-refractivity contribution in [3.05, 3.63) is 42.0 Å². The zero-order valence-electron chi connectivity index (χ0n) is 21.4. The highest BCUT2D eigenvalue weighted by molar-refractivity contribution is 7.92. The molecule has 2 saturated carbocycles. The fourth-order valence-corrected chi connectivity index (χ4v) is 6.27. The number of nitrogens with zero attached hydrogens (tertiary/aromatic N) is 3. The molecule has 0 bridgehead atoms. The average Bonchev–Trinajstić information content (AvgIpc) is 3.04. The Morgan fingerprint density at radius 3 is 2.61 bits per heavy atom. The molecule has 0 atom stereocenters. The fraction of sp³-hybridized carbons (Fsp3) is 0.444. The molecule has 3 aliphatic rings. The number of anilines is 2. The molecule has 0 radical (unpaired) electrons. The smallest absolute Gasteiger partial charge is 0.238 e. The molecule has 11 heteroatoms. The van der Waals surface area contributed by atoms with Crippen molar-refractivity contribution in [3.63, 3.8) is 0 Å². The van der Waals surface area contributed by atoms with Gasteiger partial charge in [-0.05, 0) is 37.8 Å². The summed E-state index contributed by atoms with van der Waals surface area (Å²) in [6.07, 6.45) is 10.1. The van der Waals surface area contributed by atoms with Gasteiger partial charge in [-0.15, -0.1) is 0 Å². The minimum atomic E-state index is -3.65. The highest BCUT2D eigenvalue weighted by Gasteiger charge is 2.54. The Kier molecular flexibility index (Phi) is 6.03. The second kappa shape index (κ2) is 9.16. The van der Waals surface area contributed by atoms with Gasteiger partial charge in [-0.3, -0.25) is 14.5 Å². The summed E-state index contributed by atoms with van der Waals surface area (Å²) >= 11 is 0. The van der Waals surface area contributed by atoms with Crippen molar-refractivity contribution in [3.8, 4) is 17.0 Å². The number of ether oxygens (including phenoxy) is 1. The summed E-state index contributed by atoms with van der Waals surface area (Å²) in [7, 11) is -1.90. The highest BCUT2D eigenvalue weighted by Crippen LogP contribution is 2.55. The molecule has 2 aliphatic carbocycles. The van der Waals surface area contributed by atoms with Gasteiger partial charge in [0.2, 0.25) is 21.8 Å². The Balaban J connectivity index is 1.38. The van der Waals surface area contributed by atoms with E-state index in [0.29, 0.717) is 30.3 Å². The Morgan fingerprint density at radius 2 is 1.95 bits per heavy atom. The van der Waals surface area contributed by atoms with Crippen molar-refractivity contribution in [2.75, 3.05) is 36.1 Å². The molecule has 9 nitrogen and oxygen atoms in total. The van der Waals surface area contributed by atoms with Gasteiger partial charge in [-0.25, -0.2) is 17.8 Å². The molecular formula is C27H30FN5O4S. The quantitative estimate of drug-likeness (QED) is 0.420. The number of nitrogens with one attached hydrogen (secondary N) is 2. The SMILES string of the molecule is CN1C(=O)C2(CCC2)c2c1cnc1cc(F)c(-c3cnc(OCCNC4CCC4)c(NS(C)(=O)=O)c3)cc21. The van der Waals surface area contributed by atoms with Gasteiger partial charge in [0, 0.05) is 54.0 Å². The molecule has 2 fully saturated rings. The number of amides is 1. The van der Waals surface area contributed by atoms with Crippen molar-refractivity contribution in [2.45, 2.75) is 50.0 Å². The van der Waals surface area contributed by atoms with Crippen LogP contribution in [-0.4, -0.2) is 56.8 Å². The zero-order chi connectivity index (χ0) is 26.7. The second-order valence-corrected chi connectivity index (χ2v) is 12.3. The number of fused-ring (bicyclic) bond motifs is 4. The monoisotopic (exact) mass is 539 g/mol. The van der Waals surface area contributed by atoms with Crippen molar-refractivity contribution in [1.82, 2.24) is 15.3 Å². The first-order valence-electron chi connectivity index (χ1n) is 12.9. The molecule has 3 heterocycles. The molecule has 200 valence electrons. The first-order chi connectivity index (χ1) is 18.2. The first kappa shape index (κ1) is 25.0. The minimum absolute atomic E-state index is 0.0496. The highest BCUT2D eigenvalue weighted by atomic mass is 32.2. The number of carbonyl (C=O) groups is 1. The average molecular weight is 540 g/mol. The molecule has 3 aromatic rings. The largest absolute Gasteiger partial charge is 0.475 e. The predicted molar refractivity (Wildman–Crippen MR) is 143 cm³/mol. The van der Waals surface area contributed by atoms with Crippen LogP contribution in [0.5, 0.6) is 5.88 Å². The molecule has 0 saturated heterocycles. The molecule has 2 aromatic heterocycles. The summed E-state index contributed by atoms with van der Waals surface area (Å²) < 4.78 is 47.8. The molecule has 1 spiro atoms. The fourth-order valence-electron chi connectivity index (χ4n) is 5.72. The van der Waals surface area contributed by atoms with Gasteiger partial charge in [-0.1, -0.05) is 12.8 Å². The van der Waals surface area contributed by atoms with E-state index < -0.39 is 21.3 Å². The molecule has 2 N–H and O–H groups in total. The Hall–Kier alpha value is -3.31. The van der Waals surface area contributed by atoms with Crippen LogP contribution in [0.1, 0.15) is 44.1 Å². The van der Waals surface area contributed by atoms with Gasteiger partial charge in [0.05, 0.1) is 29.1 Å². The van der Waals surface area contributed by atoms with Crippen LogP contribution in [0, 0.1) is 5.82 Å². The van der Waals surface area contributed by atoms with E-state index in [0.717, 1.165) is 55.0 Å². The lowest BCUT2D eigenvalue weighted by atomic mass is 9.64. The van der Waals surface area contributed by atoms with Gasteiger partial charge < -0.3 is 15.0 Å². The number of benzene rings is 1. The lowest BCUT2D eigenvalue weighted by molar-refractivity contribution is -0.125. The molecule has 38 heavy (non-hydrogen) atoms. The molecule has 1 aromatic carbocycles. The topological polar surface area (TPSA) is 114 Å². The van der Waals surface area contributed by atoms with Crippen molar-refractivity contribution in [2.24, 2.45) is 0 Å². The molecule has 1 amide bonds. The summed E-state index contributed by atoms with van der Waals surface area (Å²) in [6, 6.07) is 5.09. The lowest BCUT2D eigenvalue weighted by Crippen LogP contribution is -2.43. The number of aromatic nitrogens is 2. The standard InChI is InChI=1S/C27H30FN5O4S/c1-33-23-15-30-21-13-20(28)18(12-19(21)24(23)27(26(33)34)7-4-8-27)16-11-22(32-38(2,35)36)25(31-14-16)37-10-9-29-17-5-3-6-17/h11-15,17,29,32H,3-10H2,1-2H3. The first-order valence-corrected chi connectivity index (χ1v) is 14.8. The maximum Gasteiger partial charge on any atom is 0.238 e. The predicted octanol–water partition coefficient (Wildman–Crippen LogP) is 3.73. The maximum absolute atomic E-state index is 15.4. The number of sulfonamides is 1. The van der Waals surface area contributed by atoms with Crippen molar-refractivity contribution < 1.29 is 22.3 Å². The van der Waals surface area contributed by atoms with Crippen molar-refractivity contribution >= 4 is 38.2 Å². The van der Waals surface area contributed by atoms with Crippen LogP contribution >= 0.6 is 0 Å². The Labute approximate surface area is 220 Å². The third-order valence-electron chi connectivity index (χ3n) is 8.03. The van der Waals surface area contributed by atoms with Crippen LogP contribution in [0.4, 0.5) is 15.8 Å². The third kappa shape index (κ3) is 4.17. The van der Waals surface area contributed by atoms with E-state index in [9.17, 15) is 13.2 Å². The third-order valence-corrected chi connectivity index (χ3v) is 8.63. The summed E-state index contributed by atoms with van der Waals surface area (Å²) in [5.74, 6) is -0.344. The summed E-state index contributed by atoms with van der Waals surface area (Å²) in [4.78, 5) is 23.6. The van der Waals surface area contributed by atoms with Gasteiger partial charge in [0.25, 0.3) is 0 Å². The van der Waals surface area contributed by atoms with E-state index in [4.69, 9.17) is 4.74 Å². The number of hydrogen-bond acceptors (Lipinski definition) is 7. The van der Waals surface area contributed by atoms with Crippen LogP contribution in [-0.2, 0) is 20.2 Å². The zero-order valence-corrected chi connectivity index (χ0v) is 22.2. The van der Waals surface area contributed by atoms with E-state index in [2.05, 4.69) is 20.0 Å². The molecular weight excluding hydrogens is 509 g/mol. The van der Waals surface area contributed by atoms with Gasteiger partial charge in [0.15, 0.2) is 0 Å². The number of pyridine rings is 2. The van der Waals surface area contributed by atoms with E-state index in [1.54, 1.807) is 24.2 Å². The Morgan fingerprint density at radius 1 is 1.16 bits per heavy atom. The number of hydrogen-bond donors (Lipinski definition) is 2. The van der Waals surface area contributed by atoms with E-state index in [1.807, 2.05) is 0 Å². The number of halogens is 1. The van der Waals surface area contributed by atoms with E-state index in [-0.39, 0.29) is 23.0 Å². The number of likely N-dealkylation sites (N-methyl/N-ethyl adjacent to an activating group) is 1. The van der Waals surface area contributed by atoms with Crippen LogP contribution in [0.3, 0.4) is 0 Å². The molecule has 6 rings (SSSR count). The minimum Gasteiger partial charge on any atom is -0.475 e.